The van der Waals surface area contributed by atoms with Crippen LogP contribution in [0.15, 0.2) is 24.5 Å². The van der Waals surface area contributed by atoms with E-state index in [9.17, 15) is 8.42 Å². The van der Waals surface area contributed by atoms with Crippen molar-refractivity contribution in [3.05, 3.63) is 24.5 Å². The lowest BCUT2D eigenvalue weighted by Crippen LogP contribution is -2.48. The van der Waals surface area contributed by atoms with Gasteiger partial charge in [-0.1, -0.05) is 0 Å². The first-order valence-electron chi connectivity index (χ1n) is 7.74. The van der Waals surface area contributed by atoms with Gasteiger partial charge in [-0.15, -0.1) is 0 Å². The first-order valence-corrected chi connectivity index (χ1v) is 9.56. The van der Waals surface area contributed by atoms with E-state index in [0.29, 0.717) is 23.6 Å². The van der Waals surface area contributed by atoms with E-state index in [1.54, 1.807) is 0 Å². The highest BCUT2D eigenvalue weighted by Crippen LogP contribution is 2.20. The third-order valence-electron chi connectivity index (χ3n) is 4.55. The molecule has 3 rings (SSSR count). The average Bonchev–Trinajstić information content (AvgIpc) is 2.51. The van der Waals surface area contributed by atoms with Crippen LogP contribution >= 0.6 is 0 Å². The van der Waals surface area contributed by atoms with Crippen LogP contribution in [0, 0.1) is 0 Å². The number of nitrogens with zero attached hydrogens (tertiary/aromatic N) is 2. The molecule has 0 atom stereocenters. The molecule has 1 aromatic heterocycles. The molecule has 1 aromatic rings. The normalized spacial score (nSPS) is 24.1. The Morgan fingerprint density at radius 2 is 1.57 bits per heavy atom. The van der Waals surface area contributed by atoms with Crippen LogP contribution in [-0.4, -0.2) is 50.1 Å². The molecular formula is C15H23N3O2S. The molecule has 2 aliphatic heterocycles. The van der Waals surface area contributed by atoms with E-state index < -0.39 is 9.84 Å². The lowest BCUT2D eigenvalue weighted by atomic mass is 10.0. The SMILES string of the molecule is O=S1(=O)CCC(NC2CCN(c3ccncc3)CC2)CC1. The molecule has 1 N–H and O–H groups in total. The largest absolute Gasteiger partial charge is 0.371 e. The number of hydrogen-bond donors (Lipinski definition) is 1. The van der Waals surface area contributed by atoms with Gasteiger partial charge in [0.15, 0.2) is 0 Å². The van der Waals surface area contributed by atoms with Gasteiger partial charge >= 0.3 is 0 Å². The highest BCUT2D eigenvalue weighted by atomic mass is 32.2. The lowest BCUT2D eigenvalue weighted by Gasteiger charge is -2.36. The molecule has 0 radical (unpaired) electrons. The van der Waals surface area contributed by atoms with Crippen LogP contribution in [0.4, 0.5) is 5.69 Å². The summed E-state index contributed by atoms with van der Waals surface area (Å²) >= 11 is 0. The summed E-state index contributed by atoms with van der Waals surface area (Å²) in [6, 6.07) is 5.01. The van der Waals surface area contributed by atoms with E-state index in [1.165, 1.54) is 5.69 Å². The van der Waals surface area contributed by atoms with Gasteiger partial charge in [-0.25, -0.2) is 8.42 Å². The van der Waals surface area contributed by atoms with E-state index >= 15 is 0 Å². The van der Waals surface area contributed by atoms with Crippen molar-refractivity contribution in [3.8, 4) is 0 Å². The standard InChI is InChI=1S/C15H23N3O2S/c19-21(20)11-5-14(6-12-21)17-13-3-9-18(10-4-13)15-1-7-16-8-2-15/h1-2,7-8,13-14,17H,3-6,9-12H2. The van der Waals surface area contributed by atoms with Gasteiger partial charge in [0.05, 0.1) is 11.5 Å². The third kappa shape index (κ3) is 3.95. The fourth-order valence-electron chi connectivity index (χ4n) is 3.25. The molecule has 3 heterocycles. The van der Waals surface area contributed by atoms with Crippen molar-refractivity contribution >= 4 is 15.5 Å². The van der Waals surface area contributed by atoms with Crippen molar-refractivity contribution in [1.29, 1.82) is 0 Å². The number of aromatic nitrogens is 1. The van der Waals surface area contributed by atoms with Crippen LogP contribution in [0.2, 0.25) is 0 Å². The topological polar surface area (TPSA) is 62.3 Å². The quantitative estimate of drug-likeness (QED) is 0.909. The number of piperidine rings is 1. The minimum absolute atomic E-state index is 0.348. The fourth-order valence-corrected chi connectivity index (χ4v) is 4.74. The summed E-state index contributed by atoms with van der Waals surface area (Å²) in [7, 11) is -2.76. The van der Waals surface area contributed by atoms with Gasteiger partial charge in [-0.2, -0.15) is 0 Å². The molecule has 0 amide bonds. The van der Waals surface area contributed by atoms with Crippen LogP contribution in [-0.2, 0) is 9.84 Å². The monoisotopic (exact) mass is 309 g/mol. The number of nitrogens with one attached hydrogen (secondary N) is 1. The zero-order valence-electron chi connectivity index (χ0n) is 12.2. The molecule has 0 aromatic carbocycles. The molecule has 0 unspecified atom stereocenters. The van der Waals surface area contributed by atoms with Gasteiger partial charge in [0.1, 0.15) is 9.84 Å². The zero-order valence-corrected chi connectivity index (χ0v) is 13.1. The van der Waals surface area contributed by atoms with E-state index in [0.717, 1.165) is 38.8 Å². The highest BCUT2D eigenvalue weighted by Gasteiger charge is 2.27. The summed E-state index contributed by atoms with van der Waals surface area (Å²) in [5.74, 6) is 0.695. The van der Waals surface area contributed by atoms with Crippen LogP contribution in [0.1, 0.15) is 25.7 Å². The van der Waals surface area contributed by atoms with Crippen molar-refractivity contribution in [3.63, 3.8) is 0 Å². The molecule has 0 bridgehead atoms. The second-order valence-corrected chi connectivity index (χ2v) is 8.36. The van der Waals surface area contributed by atoms with Crippen molar-refractivity contribution < 1.29 is 8.42 Å². The van der Waals surface area contributed by atoms with Crippen LogP contribution in [0.5, 0.6) is 0 Å². The Labute approximate surface area is 126 Å². The summed E-state index contributed by atoms with van der Waals surface area (Å²) in [6.45, 7) is 2.10. The molecule has 2 fully saturated rings. The van der Waals surface area contributed by atoms with Gasteiger partial charge in [-0.3, -0.25) is 4.98 Å². The summed E-state index contributed by atoms with van der Waals surface area (Å²) < 4.78 is 22.9. The number of pyridine rings is 1. The highest BCUT2D eigenvalue weighted by molar-refractivity contribution is 7.91. The summed E-state index contributed by atoms with van der Waals surface area (Å²) in [5, 5.41) is 3.66. The molecule has 2 saturated heterocycles. The van der Waals surface area contributed by atoms with Gasteiger partial charge in [0, 0.05) is 43.3 Å². The first kappa shape index (κ1) is 14.8. The Balaban J connectivity index is 1.46. The molecule has 2 aliphatic rings. The zero-order chi connectivity index (χ0) is 14.7. The Kier molecular flexibility index (Phi) is 4.45. The third-order valence-corrected chi connectivity index (χ3v) is 6.26. The number of anilines is 1. The molecule has 0 saturated carbocycles. The predicted octanol–water partition coefficient (Wildman–Crippen LogP) is 1.22. The molecule has 6 heteroatoms. The van der Waals surface area contributed by atoms with Crippen LogP contribution in [0.25, 0.3) is 0 Å². The Morgan fingerprint density at radius 1 is 1.00 bits per heavy atom. The maximum Gasteiger partial charge on any atom is 0.150 e. The summed E-state index contributed by atoms with van der Waals surface area (Å²) in [5.41, 5.74) is 1.24. The van der Waals surface area contributed by atoms with Crippen molar-refractivity contribution in [1.82, 2.24) is 10.3 Å². The number of sulfone groups is 1. The summed E-state index contributed by atoms with van der Waals surface area (Å²) in [4.78, 5) is 6.45. The smallest absolute Gasteiger partial charge is 0.150 e. The predicted molar refractivity (Wildman–Crippen MR) is 84.3 cm³/mol. The second-order valence-electron chi connectivity index (χ2n) is 6.06. The van der Waals surface area contributed by atoms with E-state index in [2.05, 4.69) is 27.3 Å². The van der Waals surface area contributed by atoms with Crippen molar-refractivity contribution in [2.24, 2.45) is 0 Å². The first-order chi connectivity index (χ1) is 10.1. The molecule has 0 spiro atoms. The van der Waals surface area contributed by atoms with Gasteiger partial charge in [0.25, 0.3) is 0 Å². The van der Waals surface area contributed by atoms with Crippen LogP contribution in [0.3, 0.4) is 0 Å². The van der Waals surface area contributed by atoms with E-state index in [4.69, 9.17) is 0 Å². The van der Waals surface area contributed by atoms with Crippen molar-refractivity contribution in [2.75, 3.05) is 29.5 Å². The average molecular weight is 309 g/mol. The minimum Gasteiger partial charge on any atom is -0.371 e. The molecule has 21 heavy (non-hydrogen) atoms. The minimum atomic E-state index is -2.76. The molecule has 0 aliphatic carbocycles. The number of rotatable bonds is 3. The molecular weight excluding hydrogens is 286 g/mol. The fraction of sp³-hybridized carbons (Fsp3) is 0.667. The van der Waals surface area contributed by atoms with Crippen LogP contribution < -0.4 is 10.2 Å². The van der Waals surface area contributed by atoms with Gasteiger partial charge in [0.2, 0.25) is 0 Å². The maximum absolute atomic E-state index is 11.4. The molecule has 5 nitrogen and oxygen atoms in total. The van der Waals surface area contributed by atoms with E-state index in [1.807, 2.05) is 12.4 Å². The maximum atomic E-state index is 11.4. The summed E-state index contributed by atoms with van der Waals surface area (Å²) in [6.07, 6.45) is 7.45. The molecule has 116 valence electrons. The Morgan fingerprint density at radius 3 is 2.19 bits per heavy atom. The van der Waals surface area contributed by atoms with Crippen molar-refractivity contribution in [2.45, 2.75) is 37.8 Å². The second kappa shape index (κ2) is 6.32. The van der Waals surface area contributed by atoms with Gasteiger partial charge in [-0.05, 0) is 37.8 Å². The Bertz CT molecular complexity index is 540. The number of hydrogen-bond acceptors (Lipinski definition) is 5. The Hall–Kier alpha value is -1.14. The van der Waals surface area contributed by atoms with E-state index in [-0.39, 0.29) is 0 Å². The lowest BCUT2D eigenvalue weighted by molar-refractivity contribution is 0.349. The van der Waals surface area contributed by atoms with Gasteiger partial charge < -0.3 is 10.2 Å².